The lowest BCUT2D eigenvalue weighted by Crippen LogP contribution is -2.29. The zero-order valence-electron chi connectivity index (χ0n) is 28.8. The molecule has 1 aliphatic heterocycles. The van der Waals surface area contributed by atoms with Crippen LogP contribution < -0.4 is 4.90 Å². The largest absolute Gasteiger partial charge is 0.369 e. The highest BCUT2D eigenvalue weighted by Gasteiger charge is 2.41. The topological polar surface area (TPSA) is 97.0 Å². The molecule has 0 saturated carbocycles. The van der Waals surface area contributed by atoms with Crippen LogP contribution in [0.5, 0.6) is 0 Å². The van der Waals surface area contributed by atoms with Crippen molar-refractivity contribution in [2.24, 2.45) is 0 Å². The molecule has 8 nitrogen and oxygen atoms in total. The van der Waals surface area contributed by atoms with Crippen molar-refractivity contribution >= 4 is 33.4 Å². The minimum absolute atomic E-state index is 0.278. The molecule has 1 aliphatic rings. The van der Waals surface area contributed by atoms with E-state index in [1.54, 1.807) is 29.7 Å². The van der Waals surface area contributed by atoms with E-state index in [1.807, 2.05) is 97.1 Å². The first kappa shape index (κ1) is 31.4. The summed E-state index contributed by atoms with van der Waals surface area (Å²) in [5, 5.41) is 14.2. The number of fused-ring (bicyclic) bond motifs is 4. The zero-order chi connectivity index (χ0) is 36.2. The number of hydrogen-bond donors (Lipinski definition) is 1. The van der Waals surface area contributed by atoms with Gasteiger partial charge in [-0.2, -0.15) is 0 Å². The van der Waals surface area contributed by atoms with E-state index < -0.39 is 6.23 Å². The maximum absolute atomic E-state index is 15.2. The fourth-order valence-electron chi connectivity index (χ4n) is 7.83. The molecule has 1 N–H and O–H groups in total. The number of carbonyl (C=O) groups is 1. The normalized spacial score (nSPS) is 13.8. The van der Waals surface area contributed by atoms with Crippen molar-refractivity contribution < 1.29 is 9.90 Å². The third kappa shape index (κ3) is 5.00. The summed E-state index contributed by atoms with van der Waals surface area (Å²) in [6.07, 6.45) is 9.03. The molecule has 54 heavy (non-hydrogen) atoms. The summed E-state index contributed by atoms with van der Waals surface area (Å²) in [4.78, 5) is 33.7. The van der Waals surface area contributed by atoms with Crippen LogP contribution in [0.2, 0.25) is 0 Å². The number of aliphatic hydroxyl groups is 1. The number of aromatic nitrogens is 5. The maximum Gasteiger partial charge on any atom is 0.263 e. The smallest absolute Gasteiger partial charge is 0.263 e. The Kier molecular flexibility index (Phi) is 7.42. The summed E-state index contributed by atoms with van der Waals surface area (Å²) in [6.45, 7) is 0. The van der Waals surface area contributed by atoms with Gasteiger partial charge in [0.2, 0.25) is 0 Å². The second kappa shape index (κ2) is 12.7. The monoisotopic (exact) mass is 698 g/mol. The summed E-state index contributed by atoms with van der Waals surface area (Å²) < 4.78 is 2.13. The Morgan fingerprint density at radius 2 is 1.00 bits per heavy atom. The summed E-state index contributed by atoms with van der Waals surface area (Å²) in [6, 6.07) is 44.3. The number of amides is 1. The van der Waals surface area contributed by atoms with Crippen molar-refractivity contribution in [3.05, 3.63) is 182 Å². The first-order chi connectivity index (χ1) is 26.7. The van der Waals surface area contributed by atoms with E-state index in [2.05, 4.69) is 60.9 Å². The number of aliphatic hydroxyl groups excluding tert-OH is 1. The average molecular weight is 699 g/mol. The van der Waals surface area contributed by atoms with Gasteiger partial charge in [0.05, 0.1) is 28.0 Å². The molecule has 6 aromatic carbocycles. The van der Waals surface area contributed by atoms with Gasteiger partial charge in [0, 0.05) is 63.4 Å². The van der Waals surface area contributed by atoms with Crippen molar-refractivity contribution in [3.8, 4) is 50.2 Å². The highest BCUT2D eigenvalue weighted by Crippen LogP contribution is 2.48. The Bertz CT molecular complexity index is 2710. The fourth-order valence-corrected chi connectivity index (χ4v) is 7.83. The van der Waals surface area contributed by atoms with Crippen molar-refractivity contribution in [1.29, 1.82) is 0 Å². The van der Waals surface area contributed by atoms with E-state index in [1.165, 1.54) is 12.7 Å². The maximum atomic E-state index is 15.2. The van der Waals surface area contributed by atoms with E-state index in [-0.39, 0.29) is 5.91 Å². The molecule has 0 aliphatic carbocycles. The molecule has 1 atom stereocenters. The van der Waals surface area contributed by atoms with Gasteiger partial charge in [-0.05, 0) is 52.6 Å². The molecule has 0 spiro atoms. The summed E-state index contributed by atoms with van der Waals surface area (Å²) >= 11 is 0. The number of para-hydroxylation sites is 1. The van der Waals surface area contributed by atoms with Gasteiger partial charge in [-0.25, -0.2) is 19.9 Å². The van der Waals surface area contributed by atoms with Crippen LogP contribution in [-0.2, 0) is 0 Å². The van der Waals surface area contributed by atoms with Gasteiger partial charge in [-0.3, -0.25) is 9.69 Å². The molecule has 9 aromatic rings. The summed E-state index contributed by atoms with van der Waals surface area (Å²) in [5.74, 6) is -0.278. The SMILES string of the molecule is O=C1c2c(cccc2-n2c3ccc(-c4cncnc4)cc3c3cc(-c4cncnc4)ccc32)C(O)N1c1c(-c2ccccc2)cccc1-c1ccccc1. The Hall–Kier alpha value is -7.29. The Balaban J connectivity index is 1.20. The van der Waals surface area contributed by atoms with Gasteiger partial charge >= 0.3 is 0 Å². The van der Waals surface area contributed by atoms with Gasteiger partial charge in [0.1, 0.15) is 12.7 Å². The van der Waals surface area contributed by atoms with E-state index >= 15 is 4.79 Å². The highest BCUT2D eigenvalue weighted by molar-refractivity contribution is 6.18. The minimum atomic E-state index is -1.22. The van der Waals surface area contributed by atoms with Gasteiger partial charge in [-0.1, -0.05) is 103 Å². The molecule has 1 unspecified atom stereocenters. The number of rotatable bonds is 6. The Morgan fingerprint density at radius 1 is 0.500 bits per heavy atom. The molecule has 0 saturated heterocycles. The predicted octanol–water partition coefficient (Wildman–Crippen LogP) is 9.68. The first-order valence-corrected chi connectivity index (χ1v) is 17.6. The Labute approximate surface area is 310 Å². The molecule has 256 valence electrons. The van der Waals surface area contributed by atoms with Gasteiger partial charge in [0.15, 0.2) is 6.23 Å². The van der Waals surface area contributed by atoms with Crippen molar-refractivity contribution in [3.63, 3.8) is 0 Å². The van der Waals surface area contributed by atoms with Gasteiger partial charge in [-0.15, -0.1) is 0 Å². The second-order valence-corrected chi connectivity index (χ2v) is 13.3. The van der Waals surface area contributed by atoms with Crippen LogP contribution in [0.15, 0.2) is 171 Å². The number of hydrogen-bond acceptors (Lipinski definition) is 6. The van der Waals surface area contributed by atoms with E-state index in [9.17, 15) is 5.11 Å². The number of benzene rings is 6. The van der Waals surface area contributed by atoms with Crippen molar-refractivity contribution in [2.45, 2.75) is 6.23 Å². The first-order valence-electron chi connectivity index (χ1n) is 17.6. The predicted molar refractivity (Wildman–Crippen MR) is 212 cm³/mol. The molecule has 8 heteroatoms. The van der Waals surface area contributed by atoms with Crippen molar-refractivity contribution in [1.82, 2.24) is 24.5 Å². The van der Waals surface area contributed by atoms with Crippen LogP contribution in [0.4, 0.5) is 5.69 Å². The third-order valence-electron chi connectivity index (χ3n) is 10.3. The number of anilines is 1. The van der Waals surface area contributed by atoms with Crippen LogP contribution >= 0.6 is 0 Å². The molecule has 1 amide bonds. The Morgan fingerprint density at radius 3 is 1.52 bits per heavy atom. The molecule has 4 heterocycles. The van der Waals surface area contributed by atoms with Crippen molar-refractivity contribution in [2.75, 3.05) is 4.90 Å². The standard InChI is InChI=1S/C46H30N6O2/c53-45-37-15-8-16-42(43(37)46(54)52(45)44-35(29-9-3-1-4-10-29)13-7-14-36(44)30-11-5-2-6-12-30)51-40-19-17-31(33-23-47-27-48-24-33)21-38(40)39-22-32(18-20-41(39)51)34-25-49-28-50-26-34/h1-28,45,53H. The lowest BCUT2D eigenvalue weighted by molar-refractivity contribution is 0.0935. The third-order valence-corrected chi connectivity index (χ3v) is 10.3. The van der Waals surface area contributed by atoms with Crippen LogP contribution in [0.25, 0.3) is 72.0 Å². The lowest BCUT2D eigenvalue weighted by atomic mass is 9.95. The van der Waals surface area contributed by atoms with Crippen LogP contribution in [0.3, 0.4) is 0 Å². The average Bonchev–Trinajstić information content (AvgIpc) is 3.71. The van der Waals surface area contributed by atoms with E-state index in [4.69, 9.17) is 0 Å². The molecule has 10 rings (SSSR count). The molecule has 0 bridgehead atoms. The van der Waals surface area contributed by atoms with E-state index in [0.717, 1.165) is 66.3 Å². The lowest BCUT2D eigenvalue weighted by Gasteiger charge is -2.27. The van der Waals surface area contributed by atoms with Crippen LogP contribution in [-0.4, -0.2) is 35.5 Å². The quantitative estimate of drug-likeness (QED) is 0.186. The highest BCUT2D eigenvalue weighted by atomic mass is 16.3. The summed E-state index contributed by atoms with van der Waals surface area (Å²) in [7, 11) is 0. The van der Waals surface area contributed by atoms with Gasteiger partial charge < -0.3 is 9.67 Å². The molecule has 0 fully saturated rings. The molecule has 3 aromatic heterocycles. The van der Waals surface area contributed by atoms with Gasteiger partial charge in [0.25, 0.3) is 5.91 Å². The number of carbonyl (C=O) groups excluding carboxylic acids is 1. The fraction of sp³-hybridized carbons (Fsp3) is 0.0217. The van der Waals surface area contributed by atoms with Crippen LogP contribution in [0.1, 0.15) is 22.1 Å². The molecular formula is C46H30N6O2. The zero-order valence-corrected chi connectivity index (χ0v) is 28.8. The summed E-state index contributed by atoms with van der Waals surface area (Å²) in [5.41, 5.74) is 11.5. The number of nitrogens with zero attached hydrogens (tertiary/aromatic N) is 6. The van der Waals surface area contributed by atoms with E-state index in [0.29, 0.717) is 22.5 Å². The molecule has 0 radical (unpaired) electrons. The second-order valence-electron chi connectivity index (χ2n) is 13.3. The molecular weight excluding hydrogens is 669 g/mol. The minimum Gasteiger partial charge on any atom is -0.369 e. The van der Waals surface area contributed by atoms with Crippen LogP contribution in [0, 0.1) is 0 Å².